The van der Waals surface area contributed by atoms with Crippen molar-refractivity contribution in [3.05, 3.63) is 47.0 Å². The lowest BCUT2D eigenvalue weighted by Crippen LogP contribution is -2.51. The summed E-state index contributed by atoms with van der Waals surface area (Å²) in [6, 6.07) is 6.36. The fourth-order valence-corrected chi connectivity index (χ4v) is 3.94. The molecule has 2 aromatic heterocycles. The molecule has 2 heterocycles. The summed E-state index contributed by atoms with van der Waals surface area (Å²) >= 11 is 1.43. The van der Waals surface area contributed by atoms with E-state index >= 15 is 0 Å². The predicted molar refractivity (Wildman–Crippen MR) is 110 cm³/mol. The van der Waals surface area contributed by atoms with Crippen molar-refractivity contribution < 1.29 is 33.9 Å². The van der Waals surface area contributed by atoms with E-state index in [1.165, 1.54) is 17.8 Å². The molecule has 1 atom stereocenters. The Morgan fingerprint density at radius 2 is 1.97 bits per heavy atom. The van der Waals surface area contributed by atoms with Gasteiger partial charge in [-0.05, 0) is 49.6 Å². The highest BCUT2D eigenvalue weighted by molar-refractivity contribution is 7.98. The zero-order chi connectivity index (χ0) is 22.1. The largest absolute Gasteiger partial charge is 0.481 e. The van der Waals surface area contributed by atoms with Gasteiger partial charge in [-0.2, -0.15) is 11.8 Å². The van der Waals surface area contributed by atoms with Crippen molar-refractivity contribution in [2.45, 2.75) is 32.2 Å². The summed E-state index contributed by atoms with van der Waals surface area (Å²) in [6.45, 7) is 3.18. The molecule has 10 heteroatoms. The SMILES string of the molecule is CSCC[C@@](C(=O)O)(c1cc2cc(CC(=O)O)ccc2o1)N(O)c1c(C)noc1C. The Morgan fingerprint density at radius 1 is 1.23 bits per heavy atom. The van der Waals surface area contributed by atoms with Crippen LogP contribution in [0.4, 0.5) is 5.69 Å². The van der Waals surface area contributed by atoms with Crippen molar-refractivity contribution in [3.63, 3.8) is 0 Å². The molecule has 0 spiro atoms. The van der Waals surface area contributed by atoms with E-state index in [9.17, 15) is 19.9 Å². The Morgan fingerprint density at radius 3 is 2.53 bits per heavy atom. The Labute approximate surface area is 176 Å². The summed E-state index contributed by atoms with van der Waals surface area (Å²) < 4.78 is 11.0. The first-order valence-corrected chi connectivity index (χ1v) is 10.5. The molecule has 0 aliphatic heterocycles. The molecule has 3 N–H and O–H groups in total. The molecule has 0 bridgehead atoms. The molecule has 160 valence electrons. The van der Waals surface area contributed by atoms with E-state index < -0.39 is 17.5 Å². The first-order chi connectivity index (χ1) is 14.2. The van der Waals surface area contributed by atoms with Crippen LogP contribution < -0.4 is 5.06 Å². The Kier molecular flexibility index (Phi) is 6.09. The van der Waals surface area contributed by atoms with Gasteiger partial charge in [-0.3, -0.25) is 10.0 Å². The van der Waals surface area contributed by atoms with Crippen molar-refractivity contribution in [2.24, 2.45) is 0 Å². The Balaban J connectivity index is 2.18. The van der Waals surface area contributed by atoms with E-state index in [1.54, 1.807) is 32.0 Å². The number of hydroxylamine groups is 1. The lowest BCUT2D eigenvalue weighted by molar-refractivity contribution is -0.147. The standard InChI is InChI=1S/C20H22N2O7S/c1-11-18(12(2)29-21-11)22(27)20(19(25)26,6-7-30-3)16-10-14-8-13(9-17(23)24)4-5-15(14)28-16/h4-5,8,10,27H,6-7,9H2,1-3H3,(H,23,24)(H,25,26)/t20-/m0/s1. The van der Waals surface area contributed by atoms with Gasteiger partial charge >= 0.3 is 11.9 Å². The van der Waals surface area contributed by atoms with E-state index in [0.717, 1.165) is 0 Å². The number of hydrogen-bond acceptors (Lipinski definition) is 8. The summed E-state index contributed by atoms with van der Waals surface area (Å²) in [5, 5.41) is 35.4. The first-order valence-electron chi connectivity index (χ1n) is 9.09. The molecule has 30 heavy (non-hydrogen) atoms. The second-order valence-corrected chi connectivity index (χ2v) is 7.93. The maximum absolute atomic E-state index is 12.6. The number of rotatable bonds is 9. The van der Waals surface area contributed by atoms with Crippen molar-refractivity contribution in [2.75, 3.05) is 17.1 Å². The number of thioether (sulfide) groups is 1. The average Bonchev–Trinajstić information content (AvgIpc) is 3.24. The molecular weight excluding hydrogens is 412 g/mol. The van der Waals surface area contributed by atoms with Crippen LogP contribution in [0, 0.1) is 13.8 Å². The third-order valence-corrected chi connectivity index (χ3v) is 5.55. The van der Waals surface area contributed by atoms with Gasteiger partial charge in [-0.15, -0.1) is 0 Å². The van der Waals surface area contributed by atoms with Crippen LogP contribution in [0.15, 0.2) is 33.2 Å². The van der Waals surface area contributed by atoms with Gasteiger partial charge in [0, 0.05) is 11.8 Å². The highest BCUT2D eigenvalue weighted by Gasteiger charge is 2.50. The molecule has 9 nitrogen and oxygen atoms in total. The fourth-order valence-electron chi connectivity index (χ4n) is 3.44. The highest BCUT2D eigenvalue weighted by atomic mass is 32.2. The lowest BCUT2D eigenvalue weighted by Gasteiger charge is -2.35. The number of hydrogen-bond donors (Lipinski definition) is 3. The third-order valence-electron chi connectivity index (χ3n) is 4.93. The second-order valence-electron chi connectivity index (χ2n) is 6.95. The monoisotopic (exact) mass is 434 g/mol. The van der Waals surface area contributed by atoms with E-state index in [4.69, 9.17) is 14.0 Å². The number of aromatic nitrogens is 1. The van der Waals surface area contributed by atoms with Crippen LogP contribution in [0.1, 0.15) is 29.2 Å². The minimum atomic E-state index is -1.93. The highest BCUT2D eigenvalue weighted by Crippen LogP contribution is 2.41. The number of aryl methyl sites for hydroxylation is 2. The van der Waals surface area contributed by atoms with Crippen molar-refractivity contribution in [1.82, 2.24) is 5.16 Å². The van der Waals surface area contributed by atoms with E-state index in [1.807, 2.05) is 6.26 Å². The average molecular weight is 434 g/mol. The van der Waals surface area contributed by atoms with E-state index in [2.05, 4.69) is 5.16 Å². The molecular formula is C20H22N2O7S. The maximum Gasteiger partial charge on any atom is 0.340 e. The van der Waals surface area contributed by atoms with Gasteiger partial charge in [0.1, 0.15) is 22.7 Å². The molecule has 1 aromatic carbocycles. The summed E-state index contributed by atoms with van der Waals surface area (Å²) in [4.78, 5) is 23.6. The first kappa shape index (κ1) is 21.7. The number of anilines is 1. The van der Waals surface area contributed by atoms with Crippen LogP contribution in [-0.4, -0.2) is 44.5 Å². The zero-order valence-corrected chi connectivity index (χ0v) is 17.5. The molecule has 3 aromatic rings. The maximum atomic E-state index is 12.6. The molecule has 0 amide bonds. The molecule has 3 rings (SSSR count). The van der Waals surface area contributed by atoms with Crippen LogP contribution >= 0.6 is 11.8 Å². The molecule has 0 unspecified atom stereocenters. The predicted octanol–water partition coefficient (Wildman–Crippen LogP) is 3.59. The summed E-state index contributed by atoms with van der Waals surface area (Å²) in [5.41, 5.74) is -0.494. The van der Waals surface area contributed by atoms with Gasteiger partial charge in [-0.1, -0.05) is 11.2 Å². The van der Waals surface area contributed by atoms with Gasteiger partial charge < -0.3 is 19.2 Å². The summed E-state index contributed by atoms with van der Waals surface area (Å²) in [6.07, 6.45) is 1.70. The van der Waals surface area contributed by atoms with Gasteiger partial charge in [-0.25, -0.2) is 9.86 Å². The van der Waals surface area contributed by atoms with Crippen molar-refractivity contribution in [3.8, 4) is 0 Å². The number of carbonyl (C=O) groups is 2. The summed E-state index contributed by atoms with van der Waals surface area (Å²) in [7, 11) is 0. The van der Waals surface area contributed by atoms with Crippen molar-refractivity contribution >= 4 is 40.4 Å². The summed E-state index contributed by atoms with van der Waals surface area (Å²) in [5.74, 6) is -1.56. The Bertz CT molecular complexity index is 1070. The number of carboxylic acid groups (broad SMARTS) is 2. The number of nitrogens with zero attached hydrogens (tertiary/aromatic N) is 2. The van der Waals surface area contributed by atoms with Gasteiger partial charge in [0.15, 0.2) is 5.76 Å². The molecule has 0 saturated carbocycles. The van der Waals surface area contributed by atoms with Crippen LogP contribution in [0.25, 0.3) is 11.0 Å². The minimum absolute atomic E-state index is 0.0222. The molecule has 0 fully saturated rings. The number of furan rings is 1. The third kappa shape index (κ3) is 3.75. The molecule has 0 aliphatic rings. The minimum Gasteiger partial charge on any atom is -0.481 e. The lowest BCUT2D eigenvalue weighted by atomic mass is 9.91. The fraction of sp³-hybridized carbons (Fsp3) is 0.350. The van der Waals surface area contributed by atoms with Crippen molar-refractivity contribution in [1.29, 1.82) is 0 Å². The van der Waals surface area contributed by atoms with Gasteiger partial charge in [0.05, 0.1) is 6.42 Å². The zero-order valence-electron chi connectivity index (χ0n) is 16.7. The number of carboxylic acids is 2. The van der Waals surface area contributed by atoms with E-state index in [0.29, 0.717) is 33.0 Å². The van der Waals surface area contributed by atoms with Gasteiger partial charge in [0.2, 0.25) is 5.54 Å². The number of benzene rings is 1. The number of fused-ring (bicyclic) bond motifs is 1. The molecule has 0 radical (unpaired) electrons. The smallest absolute Gasteiger partial charge is 0.340 e. The molecule has 0 aliphatic carbocycles. The topological polar surface area (TPSA) is 137 Å². The quantitative estimate of drug-likeness (QED) is 0.428. The molecule has 0 saturated heterocycles. The van der Waals surface area contributed by atoms with Crippen LogP contribution in [-0.2, 0) is 21.5 Å². The Hall–Kier alpha value is -2.98. The normalized spacial score (nSPS) is 13.3. The van der Waals surface area contributed by atoms with Gasteiger partial charge in [0.25, 0.3) is 0 Å². The second kappa shape index (κ2) is 8.41. The van der Waals surface area contributed by atoms with Crippen LogP contribution in [0.2, 0.25) is 0 Å². The number of aliphatic carboxylic acids is 2. The van der Waals surface area contributed by atoms with Crippen LogP contribution in [0.3, 0.4) is 0 Å². The van der Waals surface area contributed by atoms with E-state index in [-0.39, 0.29) is 30.0 Å². The van der Waals surface area contributed by atoms with Crippen LogP contribution in [0.5, 0.6) is 0 Å².